The van der Waals surface area contributed by atoms with Gasteiger partial charge in [0, 0.05) is 15.7 Å². The molecule has 4 nitrogen and oxygen atoms in total. The van der Waals surface area contributed by atoms with Crippen molar-refractivity contribution in [3.63, 3.8) is 0 Å². The smallest absolute Gasteiger partial charge is 0.261 e. The summed E-state index contributed by atoms with van der Waals surface area (Å²) >= 11 is 3.39. The average molecular weight is 430 g/mol. The lowest BCUT2D eigenvalue weighted by atomic mass is 10.1. The molecule has 3 rings (SSSR count). The van der Waals surface area contributed by atoms with Crippen LogP contribution in [0.15, 0.2) is 82.2 Å². The van der Waals surface area contributed by atoms with Gasteiger partial charge in [0.2, 0.25) is 0 Å². The maximum atomic E-state index is 12.6. The third-order valence-corrected chi connectivity index (χ3v) is 5.79. The van der Waals surface area contributed by atoms with Crippen molar-refractivity contribution in [1.29, 1.82) is 0 Å². The number of halogens is 1. The summed E-state index contributed by atoms with van der Waals surface area (Å²) in [5.74, 6) is -0.120. The van der Waals surface area contributed by atoms with Crippen molar-refractivity contribution in [2.75, 3.05) is 4.72 Å². The van der Waals surface area contributed by atoms with Gasteiger partial charge in [0.25, 0.3) is 10.0 Å². The average Bonchev–Trinajstić information content (AvgIpc) is 2.62. The van der Waals surface area contributed by atoms with Crippen molar-refractivity contribution in [3.05, 3.63) is 82.8 Å². The Hall–Kier alpha value is -2.44. The van der Waals surface area contributed by atoms with E-state index >= 15 is 0 Å². The molecule has 1 N–H and O–H groups in total. The highest BCUT2D eigenvalue weighted by atomic mass is 79.9. The predicted octanol–water partition coefficient (Wildman–Crippen LogP) is 5.12. The van der Waals surface area contributed by atoms with Crippen LogP contribution in [0.2, 0.25) is 0 Å². The highest BCUT2D eigenvalue weighted by molar-refractivity contribution is 9.10. The van der Waals surface area contributed by atoms with Gasteiger partial charge in [-0.05, 0) is 54.4 Å². The Morgan fingerprint density at radius 1 is 0.885 bits per heavy atom. The van der Waals surface area contributed by atoms with Crippen LogP contribution >= 0.6 is 15.9 Å². The summed E-state index contributed by atoms with van der Waals surface area (Å²) in [7, 11) is -3.73. The molecule has 0 aliphatic carbocycles. The summed E-state index contributed by atoms with van der Waals surface area (Å²) < 4.78 is 28.6. The summed E-state index contributed by atoms with van der Waals surface area (Å²) in [6.45, 7) is 1.44. The van der Waals surface area contributed by atoms with E-state index in [-0.39, 0.29) is 10.7 Å². The maximum Gasteiger partial charge on any atom is 0.261 e. The van der Waals surface area contributed by atoms with E-state index in [1.807, 2.05) is 24.3 Å². The van der Waals surface area contributed by atoms with Crippen molar-refractivity contribution in [3.8, 4) is 11.1 Å². The highest BCUT2D eigenvalue weighted by Gasteiger charge is 2.15. The fourth-order valence-corrected chi connectivity index (χ4v) is 3.80. The summed E-state index contributed by atoms with van der Waals surface area (Å²) in [5, 5.41) is 0. The summed E-state index contributed by atoms with van der Waals surface area (Å²) in [5.41, 5.74) is 2.74. The Labute approximate surface area is 161 Å². The van der Waals surface area contributed by atoms with Crippen LogP contribution in [-0.4, -0.2) is 14.2 Å². The van der Waals surface area contributed by atoms with Crippen molar-refractivity contribution in [1.82, 2.24) is 0 Å². The van der Waals surface area contributed by atoms with Gasteiger partial charge in [0.05, 0.1) is 4.90 Å². The fraction of sp³-hybridized carbons (Fsp3) is 0.0500. The quantitative estimate of drug-likeness (QED) is 0.572. The maximum absolute atomic E-state index is 12.6. The fourth-order valence-electron chi connectivity index (χ4n) is 2.48. The molecule has 0 unspecified atom stereocenters. The van der Waals surface area contributed by atoms with Gasteiger partial charge in [0.1, 0.15) is 0 Å². The van der Waals surface area contributed by atoms with E-state index in [1.54, 1.807) is 42.5 Å². The largest absolute Gasteiger partial charge is 0.295 e. The zero-order valence-corrected chi connectivity index (χ0v) is 16.3. The third-order valence-electron chi connectivity index (χ3n) is 3.86. The van der Waals surface area contributed by atoms with E-state index in [4.69, 9.17) is 0 Å². The van der Waals surface area contributed by atoms with Gasteiger partial charge in [-0.2, -0.15) is 0 Å². The molecule has 0 aliphatic heterocycles. The van der Waals surface area contributed by atoms with Gasteiger partial charge < -0.3 is 0 Å². The molecule has 3 aromatic carbocycles. The Morgan fingerprint density at radius 3 is 2.04 bits per heavy atom. The van der Waals surface area contributed by atoms with Crippen LogP contribution in [0.1, 0.15) is 17.3 Å². The van der Waals surface area contributed by atoms with Crippen molar-refractivity contribution < 1.29 is 13.2 Å². The minimum Gasteiger partial charge on any atom is -0.295 e. The van der Waals surface area contributed by atoms with Crippen molar-refractivity contribution in [2.24, 2.45) is 0 Å². The Kier molecular flexibility index (Phi) is 5.25. The molecule has 132 valence electrons. The number of anilines is 1. The molecule has 3 aromatic rings. The normalized spacial score (nSPS) is 11.2. The summed E-state index contributed by atoms with van der Waals surface area (Å²) in [4.78, 5) is 11.6. The van der Waals surface area contributed by atoms with Gasteiger partial charge >= 0.3 is 0 Å². The van der Waals surface area contributed by atoms with E-state index in [2.05, 4.69) is 20.7 Å². The molecule has 0 amide bonds. The molecule has 26 heavy (non-hydrogen) atoms. The first-order valence-corrected chi connectivity index (χ1v) is 10.1. The molecule has 6 heteroatoms. The lowest BCUT2D eigenvalue weighted by Crippen LogP contribution is -2.13. The molecule has 0 atom stereocenters. The van der Waals surface area contributed by atoms with Crippen LogP contribution in [-0.2, 0) is 10.0 Å². The molecule has 0 heterocycles. The molecule has 0 saturated heterocycles. The van der Waals surface area contributed by atoms with Crippen LogP contribution in [0.5, 0.6) is 0 Å². The molecule has 0 bridgehead atoms. The van der Waals surface area contributed by atoms with Gasteiger partial charge in [-0.15, -0.1) is 0 Å². The van der Waals surface area contributed by atoms with Crippen molar-refractivity contribution >= 4 is 37.4 Å². The summed E-state index contributed by atoms with van der Waals surface area (Å²) in [6, 6.07) is 20.9. The van der Waals surface area contributed by atoms with E-state index in [9.17, 15) is 13.2 Å². The van der Waals surface area contributed by atoms with Gasteiger partial charge in [-0.1, -0.05) is 52.3 Å². The standard InChI is InChI=1S/C20H16BrNO3S/c1-14(23)17-3-2-4-19(13-17)22-26(24,25)20-11-7-16(8-12-20)15-5-9-18(21)10-6-15/h2-13,22H,1H3. The second-order valence-corrected chi connectivity index (χ2v) is 8.37. The van der Waals surface area contributed by atoms with E-state index in [0.29, 0.717) is 11.3 Å². The van der Waals surface area contributed by atoms with Crippen molar-refractivity contribution in [2.45, 2.75) is 11.8 Å². The van der Waals surface area contributed by atoms with E-state index in [0.717, 1.165) is 15.6 Å². The first-order chi connectivity index (χ1) is 12.3. The molecular formula is C20H16BrNO3S. The first-order valence-electron chi connectivity index (χ1n) is 7.85. The number of hydrogen-bond donors (Lipinski definition) is 1. The molecular weight excluding hydrogens is 414 g/mol. The van der Waals surface area contributed by atoms with Crippen LogP contribution in [0, 0.1) is 0 Å². The number of ketones is 1. The number of nitrogens with one attached hydrogen (secondary N) is 1. The van der Waals surface area contributed by atoms with Gasteiger partial charge in [-0.3, -0.25) is 9.52 Å². The van der Waals surface area contributed by atoms with E-state index in [1.165, 1.54) is 13.0 Å². The Balaban J connectivity index is 1.84. The second-order valence-electron chi connectivity index (χ2n) is 5.77. The molecule has 0 radical (unpaired) electrons. The number of carbonyl (C=O) groups excluding carboxylic acids is 1. The SMILES string of the molecule is CC(=O)c1cccc(NS(=O)(=O)c2ccc(-c3ccc(Br)cc3)cc2)c1. The molecule has 0 spiro atoms. The van der Waals surface area contributed by atoms with Crippen LogP contribution < -0.4 is 4.72 Å². The zero-order chi connectivity index (χ0) is 18.7. The van der Waals surface area contributed by atoms with Gasteiger partial charge in [0.15, 0.2) is 5.78 Å². The molecule has 0 saturated carbocycles. The van der Waals surface area contributed by atoms with Crippen LogP contribution in [0.25, 0.3) is 11.1 Å². The number of Topliss-reactive ketones (excluding diaryl/α,β-unsaturated/α-hetero) is 1. The minimum atomic E-state index is -3.73. The number of hydrogen-bond acceptors (Lipinski definition) is 3. The second kappa shape index (κ2) is 7.43. The topological polar surface area (TPSA) is 63.2 Å². The highest BCUT2D eigenvalue weighted by Crippen LogP contribution is 2.24. The number of carbonyl (C=O) groups is 1. The first kappa shape index (κ1) is 18.4. The summed E-state index contributed by atoms with van der Waals surface area (Å²) in [6.07, 6.45) is 0. The molecule has 0 aromatic heterocycles. The zero-order valence-electron chi connectivity index (χ0n) is 13.9. The lowest BCUT2D eigenvalue weighted by Gasteiger charge is -2.10. The van der Waals surface area contributed by atoms with E-state index < -0.39 is 10.0 Å². The lowest BCUT2D eigenvalue weighted by molar-refractivity contribution is 0.101. The molecule has 0 fully saturated rings. The number of rotatable bonds is 5. The van der Waals surface area contributed by atoms with Gasteiger partial charge in [-0.25, -0.2) is 8.42 Å². The minimum absolute atomic E-state index is 0.120. The van der Waals surface area contributed by atoms with Crippen LogP contribution in [0.4, 0.5) is 5.69 Å². The Bertz CT molecular complexity index is 1040. The Morgan fingerprint density at radius 2 is 1.46 bits per heavy atom. The monoisotopic (exact) mass is 429 g/mol. The molecule has 0 aliphatic rings. The van der Waals surface area contributed by atoms with Crippen LogP contribution in [0.3, 0.4) is 0 Å². The number of benzene rings is 3. The number of sulfonamides is 1. The third kappa shape index (κ3) is 4.20. The predicted molar refractivity (Wildman–Crippen MR) is 107 cm³/mol.